The second-order valence-electron chi connectivity index (χ2n) is 8.77. The third kappa shape index (κ3) is 5.97. The first-order valence-corrected chi connectivity index (χ1v) is 11.6. The molecule has 33 heavy (non-hydrogen) atoms. The maximum Gasteiger partial charge on any atom is 0.227 e. The number of ether oxygens (including phenoxy) is 1. The molecule has 1 saturated carbocycles. The molecule has 3 aromatic rings. The zero-order chi connectivity index (χ0) is 23.4. The standard InChI is InChI=1S/C26H31F2N3O2/c1-3-4-5-23(32)16-30(21-12-13-21)17-25-18(2)29-31(22-10-6-19(27)7-11-22)26(25)33-24-14-8-20(28)9-15-24/h6-11,14-15,21,23,32H,3-5,12-13,16-17H2,1-2H3/t23-/m0/s1. The van der Waals surface area contributed by atoms with E-state index in [2.05, 4.69) is 11.8 Å². The summed E-state index contributed by atoms with van der Waals surface area (Å²) in [5, 5.41) is 15.2. The van der Waals surface area contributed by atoms with E-state index in [9.17, 15) is 13.9 Å². The fourth-order valence-electron chi connectivity index (χ4n) is 3.98. The molecule has 4 rings (SSSR count). The number of benzene rings is 2. The summed E-state index contributed by atoms with van der Waals surface area (Å²) in [4.78, 5) is 2.30. The van der Waals surface area contributed by atoms with Crippen LogP contribution >= 0.6 is 0 Å². The van der Waals surface area contributed by atoms with Crippen molar-refractivity contribution in [2.75, 3.05) is 6.54 Å². The summed E-state index contributed by atoms with van der Waals surface area (Å²) < 4.78 is 34.8. The zero-order valence-electron chi connectivity index (χ0n) is 19.2. The van der Waals surface area contributed by atoms with E-state index in [-0.39, 0.29) is 17.7 Å². The lowest BCUT2D eigenvalue weighted by atomic mass is 10.1. The normalized spacial score (nSPS) is 14.6. The van der Waals surface area contributed by atoms with Crippen LogP contribution in [0.1, 0.15) is 50.3 Å². The Kier molecular flexibility index (Phi) is 7.40. The van der Waals surface area contributed by atoms with Crippen LogP contribution in [0.2, 0.25) is 0 Å². The lowest BCUT2D eigenvalue weighted by Crippen LogP contribution is -2.34. The van der Waals surface area contributed by atoms with Crippen LogP contribution in [0.3, 0.4) is 0 Å². The molecular weight excluding hydrogens is 424 g/mol. The van der Waals surface area contributed by atoms with Crippen LogP contribution in [-0.2, 0) is 6.54 Å². The van der Waals surface area contributed by atoms with Crippen LogP contribution in [0, 0.1) is 18.6 Å². The Hall–Kier alpha value is -2.77. The van der Waals surface area contributed by atoms with Crippen molar-refractivity contribution in [3.8, 4) is 17.3 Å². The molecule has 2 aromatic carbocycles. The maximum atomic E-state index is 13.5. The molecule has 1 aliphatic carbocycles. The minimum absolute atomic E-state index is 0.329. The van der Waals surface area contributed by atoms with Crippen molar-refractivity contribution < 1.29 is 18.6 Å². The Labute approximate surface area is 193 Å². The van der Waals surface area contributed by atoms with Gasteiger partial charge in [0.25, 0.3) is 0 Å². The van der Waals surface area contributed by atoms with Gasteiger partial charge in [-0.3, -0.25) is 4.90 Å². The molecule has 176 valence electrons. The van der Waals surface area contributed by atoms with E-state index in [4.69, 9.17) is 9.84 Å². The molecule has 0 amide bonds. The first kappa shape index (κ1) is 23.4. The van der Waals surface area contributed by atoms with Gasteiger partial charge in [0.1, 0.15) is 17.4 Å². The number of unbranched alkanes of at least 4 members (excludes halogenated alkanes) is 1. The van der Waals surface area contributed by atoms with Gasteiger partial charge in [0, 0.05) is 19.1 Å². The van der Waals surface area contributed by atoms with Gasteiger partial charge in [0.2, 0.25) is 5.88 Å². The van der Waals surface area contributed by atoms with E-state index >= 15 is 0 Å². The Morgan fingerprint density at radius 3 is 2.33 bits per heavy atom. The SMILES string of the molecule is CCCC[C@H](O)CN(Cc1c(C)nn(-c2ccc(F)cc2)c1Oc1ccc(F)cc1)C1CC1. The molecule has 1 aliphatic rings. The van der Waals surface area contributed by atoms with Crippen LogP contribution in [0.15, 0.2) is 48.5 Å². The van der Waals surface area contributed by atoms with Crippen LogP contribution in [0.25, 0.3) is 5.69 Å². The average molecular weight is 456 g/mol. The molecule has 1 heterocycles. The summed E-state index contributed by atoms with van der Waals surface area (Å²) in [6, 6.07) is 12.3. The Morgan fingerprint density at radius 1 is 1.09 bits per heavy atom. The highest BCUT2D eigenvalue weighted by molar-refractivity contribution is 5.43. The number of aromatic nitrogens is 2. The van der Waals surface area contributed by atoms with E-state index in [0.29, 0.717) is 36.4 Å². The number of aryl methyl sites for hydroxylation is 1. The van der Waals surface area contributed by atoms with Crippen LogP contribution in [0.5, 0.6) is 11.6 Å². The Bertz CT molecular complexity index is 1050. The lowest BCUT2D eigenvalue weighted by molar-refractivity contribution is 0.0949. The summed E-state index contributed by atoms with van der Waals surface area (Å²) >= 11 is 0. The number of aliphatic hydroxyl groups excluding tert-OH is 1. The molecule has 1 fully saturated rings. The third-order valence-corrected chi connectivity index (χ3v) is 6.00. The lowest BCUT2D eigenvalue weighted by Gasteiger charge is -2.25. The summed E-state index contributed by atoms with van der Waals surface area (Å²) in [6.07, 6.45) is 4.69. The summed E-state index contributed by atoms with van der Waals surface area (Å²) in [6.45, 7) is 5.22. The summed E-state index contributed by atoms with van der Waals surface area (Å²) in [5.41, 5.74) is 2.37. The Morgan fingerprint density at radius 2 is 1.73 bits per heavy atom. The second-order valence-corrected chi connectivity index (χ2v) is 8.77. The number of hydrogen-bond acceptors (Lipinski definition) is 4. The molecule has 0 saturated heterocycles. The second kappa shape index (κ2) is 10.4. The highest BCUT2D eigenvalue weighted by atomic mass is 19.1. The minimum Gasteiger partial charge on any atom is -0.439 e. The minimum atomic E-state index is -0.375. The van der Waals surface area contributed by atoms with Gasteiger partial charge in [-0.2, -0.15) is 5.10 Å². The Balaban J connectivity index is 1.66. The van der Waals surface area contributed by atoms with Gasteiger partial charge in [-0.1, -0.05) is 19.8 Å². The predicted octanol–water partition coefficient (Wildman–Crippen LogP) is 5.77. The zero-order valence-corrected chi connectivity index (χ0v) is 19.2. The molecule has 0 unspecified atom stereocenters. The highest BCUT2D eigenvalue weighted by Gasteiger charge is 2.32. The number of nitrogens with zero attached hydrogens (tertiary/aromatic N) is 3. The smallest absolute Gasteiger partial charge is 0.227 e. The highest BCUT2D eigenvalue weighted by Crippen LogP contribution is 2.35. The maximum absolute atomic E-state index is 13.5. The first-order valence-electron chi connectivity index (χ1n) is 11.6. The van der Waals surface area contributed by atoms with Crippen molar-refractivity contribution in [3.05, 3.63) is 71.4 Å². The summed E-state index contributed by atoms with van der Waals surface area (Å²) in [5.74, 6) is 0.331. The monoisotopic (exact) mass is 455 g/mol. The molecular formula is C26H31F2N3O2. The van der Waals surface area contributed by atoms with Gasteiger partial charge in [0.15, 0.2) is 0 Å². The number of aliphatic hydroxyl groups is 1. The van der Waals surface area contributed by atoms with Crippen molar-refractivity contribution in [2.45, 2.75) is 64.6 Å². The molecule has 1 N–H and O–H groups in total. The van der Waals surface area contributed by atoms with Crippen LogP contribution in [-0.4, -0.2) is 38.5 Å². The van der Waals surface area contributed by atoms with Gasteiger partial charge < -0.3 is 9.84 Å². The topological polar surface area (TPSA) is 50.5 Å². The molecule has 0 bridgehead atoms. The van der Waals surface area contributed by atoms with Crippen molar-refractivity contribution >= 4 is 0 Å². The molecule has 7 heteroatoms. The van der Waals surface area contributed by atoms with Crippen molar-refractivity contribution in [2.24, 2.45) is 0 Å². The van der Waals surface area contributed by atoms with Gasteiger partial charge in [0.05, 0.1) is 23.0 Å². The number of rotatable bonds is 11. The first-order chi connectivity index (χ1) is 15.9. The third-order valence-electron chi connectivity index (χ3n) is 6.00. The fraction of sp³-hybridized carbons (Fsp3) is 0.423. The average Bonchev–Trinajstić information content (AvgIpc) is 3.61. The molecule has 1 atom stereocenters. The van der Waals surface area contributed by atoms with E-state index in [1.807, 2.05) is 6.92 Å². The summed E-state index contributed by atoms with van der Waals surface area (Å²) in [7, 11) is 0. The van der Waals surface area contributed by atoms with Crippen molar-refractivity contribution in [1.29, 1.82) is 0 Å². The largest absolute Gasteiger partial charge is 0.439 e. The van der Waals surface area contributed by atoms with Crippen molar-refractivity contribution in [1.82, 2.24) is 14.7 Å². The molecule has 1 aromatic heterocycles. The predicted molar refractivity (Wildman–Crippen MR) is 124 cm³/mol. The van der Waals surface area contributed by atoms with E-state index < -0.39 is 0 Å². The number of halogens is 2. The molecule has 0 spiro atoms. The number of hydrogen-bond donors (Lipinski definition) is 1. The van der Waals surface area contributed by atoms with Crippen LogP contribution < -0.4 is 4.74 Å². The van der Waals surface area contributed by atoms with E-state index in [1.54, 1.807) is 28.9 Å². The van der Waals surface area contributed by atoms with Crippen molar-refractivity contribution in [3.63, 3.8) is 0 Å². The van der Waals surface area contributed by atoms with E-state index in [0.717, 1.165) is 43.4 Å². The van der Waals surface area contributed by atoms with Crippen LogP contribution in [0.4, 0.5) is 8.78 Å². The van der Waals surface area contributed by atoms with Gasteiger partial charge in [-0.25, -0.2) is 13.5 Å². The molecule has 0 radical (unpaired) electrons. The fourth-order valence-corrected chi connectivity index (χ4v) is 3.98. The quantitative estimate of drug-likeness (QED) is 0.399. The molecule has 0 aliphatic heterocycles. The van der Waals surface area contributed by atoms with Gasteiger partial charge >= 0.3 is 0 Å². The van der Waals surface area contributed by atoms with E-state index in [1.165, 1.54) is 24.3 Å². The molecule has 5 nitrogen and oxygen atoms in total. The van der Waals surface area contributed by atoms with Gasteiger partial charge in [-0.15, -0.1) is 0 Å². The van der Waals surface area contributed by atoms with Gasteiger partial charge in [-0.05, 0) is 74.7 Å².